The molecule has 1 N–H and O–H groups in total. The Bertz CT molecular complexity index is 555. The number of carbonyl (C=O) groups excluding carboxylic acids is 2. The summed E-state index contributed by atoms with van der Waals surface area (Å²) in [6, 6.07) is 4.29. The normalized spacial score (nSPS) is 19.4. The number of halogens is 1. The molecule has 1 aliphatic rings. The molecule has 1 aliphatic heterocycles. The van der Waals surface area contributed by atoms with Crippen molar-refractivity contribution < 1.29 is 19.5 Å². The van der Waals surface area contributed by atoms with E-state index >= 15 is 0 Å². The minimum atomic E-state index is -1.11. The third-order valence-corrected chi connectivity index (χ3v) is 3.22. The van der Waals surface area contributed by atoms with Gasteiger partial charge in [-0.1, -0.05) is 22.9 Å². The average Bonchev–Trinajstić information content (AvgIpc) is 2.52. The van der Waals surface area contributed by atoms with E-state index in [1.807, 2.05) is 0 Å². The first kappa shape index (κ1) is 12.8. The van der Waals surface area contributed by atoms with Gasteiger partial charge in [0.25, 0.3) is 0 Å². The van der Waals surface area contributed by atoms with Crippen LogP contribution in [0, 0.1) is 5.92 Å². The minimum absolute atomic E-state index is 0.0273. The van der Waals surface area contributed by atoms with E-state index in [-0.39, 0.29) is 29.7 Å². The van der Waals surface area contributed by atoms with Crippen molar-refractivity contribution in [2.45, 2.75) is 13.3 Å². The van der Waals surface area contributed by atoms with Crippen molar-refractivity contribution in [1.82, 2.24) is 0 Å². The second-order valence-electron chi connectivity index (χ2n) is 4.18. The van der Waals surface area contributed by atoms with Gasteiger partial charge in [-0.25, -0.2) is 4.79 Å². The van der Waals surface area contributed by atoms with Crippen molar-refractivity contribution in [3.63, 3.8) is 0 Å². The van der Waals surface area contributed by atoms with Crippen molar-refractivity contribution >= 4 is 39.4 Å². The SMILES string of the molecule is CC1CC(=O)N(c2cc(Br)cc(C(=O)O)c2)C1=O. The first-order valence-corrected chi connectivity index (χ1v) is 6.10. The monoisotopic (exact) mass is 311 g/mol. The molecule has 1 saturated heterocycles. The van der Waals surface area contributed by atoms with Gasteiger partial charge in [0.2, 0.25) is 11.8 Å². The number of aromatic carboxylic acids is 1. The summed E-state index contributed by atoms with van der Waals surface area (Å²) in [6.45, 7) is 1.68. The van der Waals surface area contributed by atoms with Crippen LogP contribution in [0.5, 0.6) is 0 Å². The van der Waals surface area contributed by atoms with Crippen LogP contribution in [0.1, 0.15) is 23.7 Å². The molecule has 1 aromatic rings. The topological polar surface area (TPSA) is 74.7 Å². The molecule has 0 spiro atoms. The van der Waals surface area contributed by atoms with E-state index in [2.05, 4.69) is 15.9 Å². The second-order valence-corrected chi connectivity index (χ2v) is 5.09. The maximum Gasteiger partial charge on any atom is 0.335 e. The number of benzene rings is 1. The van der Waals surface area contributed by atoms with Gasteiger partial charge in [0.15, 0.2) is 0 Å². The Balaban J connectivity index is 2.48. The first-order chi connectivity index (χ1) is 8.40. The lowest BCUT2D eigenvalue weighted by atomic mass is 10.1. The zero-order valence-electron chi connectivity index (χ0n) is 9.51. The number of carbonyl (C=O) groups is 3. The van der Waals surface area contributed by atoms with E-state index < -0.39 is 5.97 Å². The van der Waals surface area contributed by atoms with E-state index in [1.54, 1.807) is 13.0 Å². The third kappa shape index (κ3) is 2.15. The van der Waals surface area contributed by atoms with Gasteiger partial charge in [-0.3, -0.25) is 14.5 Å². The molecular weight excluding hydrogens is 302 g/mol. The van der Waals surface area contributed by atoms with Gasteiger partial charge in [-0.05, 0) is 18.2 Å². The van der Waals surface area contributed by atoms with Gasteiger partial charge in [-0.2, -0.15) is 0 Å². The van der Waals surface area contributed by atoms with E-state index in [9.17, 15) is 14.4 Å². The van der Waals surface area contributed by atoms with Crippen molar-refractivity contribution in [2.75, 3.05) is 4.90 Å². The summed E-state index contributed by atoms with van der Waals surface area (Å²) < 4.78 is 0.512. The van der Waals surface area contributed by atoms with Crippen molar-refractivity contribution in [2.24, 2.45) is 5.92 Å². The molecule has 0 saturated carbocycles. The molecule has 94 valence electrons. The van der Waals surface area contributed by atoms with Crippen LogP contribution in [-0.2, 0) is 9.59 Å². The van der Waals surface area contributed by atoms with Crippen LogP contribution in [0.25, 0.3) is 0 Å². The molecule has 6 heteroatoms. The number of carboxylic acid groups (broad SMARTS) is 1. The number of nitrogens with zero attached hydrogens (tertiary/aromatic N) is 1. The molecule has 18 heavy (non-hydrogen) atoms. The van der Waals surface area contributed by atoms with Crippen molar-refractivity contribution in [3.8, 4) is 0 Å². The van der Waals surface area contributed by atoms with Crippen LogP contribution in [0.4, 0.5) is 5.69 Å². The van der Waals surface area contributed by atoms with Crippen molar-refractivity contribution in [1.29, 1.82) is 0 Å². The van der Waals surface area contributed by atoms with Gasteiger partial charge in [0.1, 0.15) is 0 Å². The second kappa shape index (κ2) is 4.53. The van der Waals surface area contributed by atoms with E-state index in [0.29, 0.717) is 10.2 Å². The third-order valence-electron chi connectivity index (χ3n) is 2.76. The Morgan fingerprint density at radius 3 is 2.56 bits per heavy atom. The number of hydrogen-bond donors (Lipinski definition) is 1. The number of hydrogen-bond acceptors (Lipinski definition) is 3. The fraction of sp³-hybridized carbons (Fsp3) is 0.250. The predicted octanol–water partition coefficient (Wildman–Crippen LogP) is 2.05. The summed E-state index contributed by atoms with van der Waals surface area (Å²) in [6.07, 6.45) is 0.160. The fourth-order valence-electron chi connectivity index (χ4n) is 1.88. The molecular formula is C12H10BrNO4. The molecule has 2 amide bonds. The largest absolute Gasteiger partial charge is 0.478 e. The quantitative estimate of drug-likeness (QED) is 0.848. The maximum atomic E-state index is 11.9. The van der Waals surface area contributed by atoms with Crippen LogP contribution in [0.15, 0.2) is 22.7 Å². The zero-order valence-corrected chi connectivity index (χ0v) is 11.1. The number of imide groups is 1. The number of amides is 2. The first-order valence-electron chi connectivity index (χ1n) is 5.31. The summed E-state index contributed by atoms with van der Waals surface area (Å²) in [5, 5.41) is 8.95. The minimum Gasteiger partial charge on any atom is -0.478 e. The molecule has 0 aliphatic carbocycles. The molecule has 5 nitrogen and oxygen atoms in total. The maximum absolute atomic E-state index is 11.9. The molecule has 1 aromatic carbocycles. The molecule has 0 radical (unpaired) electrons. The lowest BCUT2D eigenvalue weighted by Crippen LogP contribution is -2.30. The molecule has 1 atom stereocenters. The molecule has 0 bridgehead atoms. The molecule has 1 heterocycles. The van der Waals surface area contributed by atoms with Crippen LogP contribution in [-0.4, -0.2) is 22.9 Å². The highest BCUT2D eigenvalue weighted by atomic mass is 79.9. The lowest BCUT2D eigenvalue weighted by molar-refractivity contribution is -0.122. The average molecular weight is 312 g/mol. The van der Waals surface area contributed by atoms with E-state index in [4.69, 9.17) is 5.11 Å². The standard InChI is InChI=1S/C12H10BrNO4/c1-6-2-10(15)14(11(6)16)9-4-7(12(17)18)3-8(13)5-9/h3-6H,2H2,1H3,(H,17,18). The van der Waals surface area contributed by atoms with Gasteiger partial charge in [-0.15, -0.1) is 0 Å². The van der Waals surface area contributed by atoms with Gasteiger partial charge >= 0.3 is 5.97 Å². The summed E-state index contributed by atoms with van der Waals surface area (Å²) in [5.41, 5.74) is 0.320. The number of carboxylic acids is 1. The zero-order chi connectivity index (χ0) is 13.4. The Labute approximate surface area is 112 Å². The number of anilines is 1. The van der Waals surface area contributed by atoms with Crippen LogP contribution in [0.3, 0.4) is 0 Å². The predicted molar refractivity (Wildman–Crippen MR) is 67.4 cm³/mol. The molecule has 1 fully saturated rings. The highest BCUT2D eigenvalue weighted by Crippen LogP contribution is 2.29. The van der Waals surface area contributed by atoms with Crippen LogP contribution < -0.4 is 4.90 Å². The van der Waals surface area contributed by atoms with Crippen LogP contribution in [0.2, 0.25) is 0 Å². The fourth-order valence-corrected chi connectivity index (χ4v) is 2.36. The Hall–Kier alpha value is -1.69. The van der Waals surface area contributed by atoms with Crippen LogP contribution >= 0.6 is 15.9 Å². The summed E-state index contributed by atoms with van der Waals surface area (Å²) >= 11 is 3.17. The van der Waals surface area contributed by atoms with Gasteiger partial charge < -0.3 is 5.11 Å². The summed E-state index contributed by atoms with van der Waals surface area (Å²) in [4.78, 5) is 35.6. The van der Waals surface area contributed by atoms with Gasteiger partial charge in [0, 0.05) is 16.8 Å². The lowest BCUT2D eigenvalue weighted by Gasteiger charge is -2.15. The highest BCUT2D eigenvalue weighted by Gasteiger charge is 2.36. The molecule has 0 aromatic heterocycles. The highest BCUT2D eigenvalue weighted by molar-refractivity contribution is 9.10. The Morgan fingerprint density at radius 1 is 1.39 bits per heavy atom. The van der Waals surface area contributed by atoms with E-state index in [0.717, 1.165) is 4.90 Å². The summed E-state index contributed by atoms with van der Waals surface area (Å²) in [5.74, 6) is -2.06. The number of rotatable bonds is 2. The Morgan fingerprint density at radius 2 is 2.06 bits per heavy atom. The van der Waals surface area contributed by atoms with Crippen molar-refractivity contribution in [3.05, 3.63) is 28.2 Å². The summed E-state index contributed by atoms with van der Waals surface area (Å²) in [7, 11) is 0. The molecule has 1 unspecified atom stereocenters. The smallest absolute Gasteiger partial charge is 0.335 e. The Kier molecular flexibility index (Phi) is 3.21. The molecule has 2 rings (SSSR count). The van der Waals surface area contributed by atoms with Gasteiger partial charge in [0.05, 0.1) is 11.3 Å². The van der Waals surface area contributed by atoms with E-state index in [1.165, 1.54) is 12.1 Å².